The van der Waals surface area contributed by atoms with Crippen molar-refractivity contribution < 1.29 is 0 Å². The van der Waals surface area contributed by atoms with Crippen LogP contribution in [0.4, 0.5) is 5.82 Å². The van der Waals surface area contributed by atoms with Gasteiger partial charge in [0.25, 0.3) is 0 Å². The zero-order valence-electron chi connectivity index (χ0n) is 13.7. The largest absolute Gasteiger partial charge is 0.354 e. The van der Waals surface area contributed by atoms with Gasteiger partial charge in [-0.3, -0.25) is 4.90 Å². The molecule has 0 spiro atoms. The van der Waals surface area contributed by atoms with Gasteiger partial charge in [0.1, 0.15) is 5.82 Å². The van der Waals surface area contributed by atoms with Crippen molar-refractivity contribution >= 4 is 16.7 Å². The summed E-state index contributed by atoms with van der Waals surface area (Å²) < 4.78 is 0. The Kier molecular flexibility index (Phi) is 5.28. The van der Waals surface area contributed by atoms with Crippen LogP contribution < -0.4 is 4.90 Å². The molecule has 0 unspecified atom stereocenters. The molecule has 0 N–H and O–H groups in total. The molecule has 2 aromatic rings. The van der Waals surface area contributed by atoms with E-state index < -0.39 is 0 Å². The van der Waals surface area contributed by atoms with E-state index in [0.29, 0.717) is 0 Å². The summed E-state index contributed by atoms with van der Waals surface area (Å²) in [6.45, 7) is 8.06. The summed E-state index contributed by atoms with van der Waals surface area (Å²) in [6, 6.07) is 12.7. The third-order valence-electron chi connectivity index (χ3n) is 4.61. The Labute approximate surface area is 133 Å². The first-order valence-electron chi connectivity index (χ1n) is 8.70. The zero-order valence-corrected chi connectivity index (χ0v) is 13.7. The summed E-state index contributed by atoms with van der Waals surface area (Å²) in [5.41, 5.74) is 1.10. The lowest BCUT2D eigenvalue weighted by Crippen LogP contribution is -2.46. The third kappa shape index (κ3) is 3.77. The van der Waals surface area contributed by atoms with Crippen LogP contribution in [-0.4, -0.2) is 42.6 Å². The molecule has 0 bridgehead atoms. The summed E-state index contributed by atoms with van der Waals surface area (Å²) in [4.78, 5) is 9.85. The van der Waals surface area contributed by atoms with E-state index in [-0.39, 0.29) is 0 Å². The van der Waals surface area contributed by atoms with Gasteiger partial charge in [0.2, 0.25) is 0 Å². The van der Waals surface area contributed by atoms with Gasteiger partial charge >= 0.3 is 0 Å². The van der Waals surface area contributed by atoms with Gasteiger partial charge < -0.3 is 4.90 Å². The van der Waals surface area contributed by atoms with Crippen molar-refractivity contribution in [3.63, 3.8) is 0 Å². The Bertz CT molecular complexity index is 588. The summed E-state index contributed by atoms with van der Waals surface area (Å²) in [5.74, 6) is 1.13. The number of anilines is 1. The van der Waals surface area contributed by atoms with Crippen LogP contribution in [0.15, 0.2) is 36.4 Å². The zero-order chi connectivity index (χ0) is 15.2. The van der Waals surface area contributed by atoms with Gasteiger partial charge in [-0.2, -0.15) is 0 Å². The van der Waals surface area contributed by atoms with Crippen molar-refractivity contribution in [1.29, 1.82) is 0 Å². The van der Waals surface area contributed by atoms with Crippen molar-refractivity contribution in [2.24, 2.45) is 0 Å². The third-order valence-corrected chi connectivity index (χ3v) is 4.61. The van der Waals surface area contributed by atoms with Gasteiger partial charge in [-0.25, -0.2) is 4.98 Å². The molecule has 0 saturated carbocycles. The predicted octanol–water partition coefficient (Wildman–Crippen LogP) is 3.94. The van der Waals surface area contributed by atoms with Crippen molar-refractivity contribution in [3.05, 3.63) is 36.4 Å². The minimum Gasteiger partial charge on any atom is -0.354 e. The molecule has 22 heavy (non-hydrogen) atoms. The molecule has 0 aliphatic carbocycles. The maximum Gasteiger partial charge on any atom is 0.129 e. The number of rotatable bonds is 6. The highest BCUT2D eigenvalue weighted by Gasteiger charge is 2.17. The monoisotopic (exact) mass is 297 g/mol. The van der Waals surface area contributed by atoms with E-state index in [4.69, 9.17) is 4.98 Å². The van der Waals surface area contributed by atoms with Crippen LogP contribution in [0.25, 0.3) is 10.9 Å². The fourth-order valence-electron chi connectivity index (χ4n) is 3.19. The average molecular weight is 297 g/mol. The molecule has 1 saturated heterocycles. The molecule has 118 valence electrons. The minimum absolute atomic E-state index is 1.10. The van der Waals surface area contributed by atoms with E-state index in [1.807, 2.05) is 0 Å². The summed E-state index contributed by atoms with van der Waals surface area (Å²) >= 11 is 0. The molecule has 0 radical (unpaired) electrons. The molecule has 1 aliphatic heterocycles. The molecule has 1 aliphatic rings. The number of unbranched alkanes of at least 4 members (excludes halogenated alkanes) is 3. The molecule has 0 amide bonds. The molecule has 2 heterocycles. The smallest absolute Gasteiger partial charge is 0.129 e. The Hall–Kier alpha value is -1.61. The predicted molar refractivity (Wildman–Crippen MR) is 94.5 cm³/mol. The van der Waals surface area contributed by atoms with Crippen molar-refractivity contribution in [3.8, 4) is 0 Å². The number of fused-ring (bicyclic) bond motifs is 1. The SMILES string of the molecule is CCCCCCN1CCN(c2ccc3ccccc3n2)CC1. The maximum absolute atomic E-state index is 4.82. The first-order chi connectivity index (χ1) is 10.9. The van der Waals surface area contributed by atoms with Crippen molar-refractivity contribution in [2.45, 2.75) is 32.6 Å². The quantitative estimate of drug-likeness (QED) is 0.753. The number of hydrogen-bond acceptors (Lipinski definition) is 3. The first-order valence-corrected chi connectivity index (χ1v) is 8.70. The summed E-state index contributed by atoms with van der Waals surface area (Å²) in [5, 5.41) is 1.22. The van der Waals surface area contributed by atoms with Gasteiger partial charge in [0.15, 0.2) is 0 Å². The summed E-state index contributed by atoms with van der Waals surface area (Å²) in [7, 11) is 0. The lowest BCUT2D eigenvalue weighted by molar-refractivity contribution is 0.251. The normalized spacial score (nSPS) is 16.3. The lowest BCUT2D eigenvalue weighted by atomic mass is 10.2. The second kappa shape index (κ2) is 7.59. The number of para-hydroxylation sites is 1. The topological polar surface area (TPSA) is 19.4 Å². The highest BCUT2D eigenvalue weighted by atomic mass is 15.3. The van der Waals surface area contributed by atoms with Crippen LogP contribution in [-0.2, 0) is 0 Å². The highest BCUT2D eigenvalue weighted by molar-refractivity contribution is 5.80. The van der Waals surface area contributed by atoms with Gasteiger partial charge in [-0.15, -0.1) is 0 Å². The van der Waals surface area contributed by atoms with Crippen LogP contribution in [0.5, 0.6) is 0 Å². The van der Waals surface area contributed by atoms with Crippen LogP contribution in [0.3, 0.4) is 0 Å². The summed E-state index contributed by atoms with van der Waals surface area (Å²) in [6.07, 6.45) is 5.42. The number of hydrogen-bond donors (Lipinski definition) is 0. The fourth-order valence-corrected chi connectivity index (χ4v) is 3.19. The van der Waals surface area contributed by atoms with Gasteiger partial charge in [0.05, 0.1) is 5.52 Å². The molecular formula is C19H27N3. The average Bonchev–Trinajstić information content (AvgIpc) is 2.59. The fraction of sp³-hybridized carbons (Fsp3) is 0.526. The Morgan fingerprint density at radius 3 is 2.55 bits per heavy atom. The molecule has 1 aromatic carbocycles. The van der Waals surface area contributed by atoms with Crippen molar-refractivity contribution in [1.82, 2.24) is 9.88 Å². The Morgan fingerprint density at radius 1 is 0.909 bits per heavy atom. The van der Waals surface area contributed by atoms with E-state index in [9.17, 15) is 0 Å². The van der Waals surface area contributed by atoms with Crippen LogP contribution in [0, 0.1) is 0 Å². The molecule has 1 fully saturated rings. The van der Waals surface area contributed by atoms with Gasteiger partial charge in [0, 0.05) is 31.6 Å². The number of piperazine rings is 1. The first kappa shape index (κ1) is 15.3. The van der Waals surface area contributed by atoms with Gasteiger partial charge in [-0.05, 0) is 31.2 Å². The van der Waals surface area contributed by atoms with Crippen molar-refractivity contribution in [2.75, 3.05) is 37.6 Å². The molecule has 3 heteroatoms. The minimum atomic E-state index is 1.10. The molecule has 0 atom stereocenters. The Balaban J connectivity index is 1.54. The van der Waals surface area contributed by atoms with E-state index in [2.05, 4.69) is 53.1 Å². The number of nitrogens with zero attached hydrogens (tertiary/aromatic N) is 3. The van der Waals surface area contributed by atoms with Crippen LogP contribution >= 0.6 is 0 Å². The highest BCUT2D eigenvalue weighted by Crippen LogP contribution is 2.19. The molecule has 3 rings (SSSR count). The second-order valence-corrected chi connectivity index (χ2v) is 6.25. The number of pyridine rings is 1. The van der Waals surface area contributed by atoms with E-state index in [0.717, 1.165) is 24.4 Å². The second-order valence-electron chi connectivity index (χ2n) is 6.25. The van der Waals surface area contributed by atoms with E-state index in [1.54, 1.807) is 0 Å². The number of benzene rings is 1. The van der Waals surface area contributed by atoms with Crippen LogP contribution in [0.1, 0.15) is 32.6 Å². The maximum atomic E-state index is 4.82. The number of aromatic nitrogens is 1. The van der Waals surface area contributed by atoms with E-state index >= 15 is 0 Å². The molecule has 3 nitrogen and oxygen atoms in total. The molecular weight excluding hydrogens is 270 g/mol. The van der Waals surface area contributed by atoms with Gasteiger partial charge in [-0.1, -0.05) is 44.4 Å². The van der Waals surface area contributed by atoms with Crippen LogP contribution in [0.2, 0.25) is 0 Å². The standard InChI is InChI=1S/C19H27N3/c1-2-3-4-7-12-21-13-15-22(16-14-21)19-11-10-17-8-5-6-9-18(17)20-19/h5-6,8-11H,2-4,7,12-16H2,1H3. The van der Waals surface area contributed by atoms with E-state index in [1.165, 1.54) is 50.7 Å². The molecule has 1 aromatic heterocycles. The lowest BCUT2D eigenvalue weighted by Gasteiger charge is -2.35. The Morgan fingerprint density at radius 2 is 1.73 bits per heavy atom.